The molecule has 0 saturated carbocycles. The van der Waals surface area contributed by atoms with Crippen LogP contribution < -0.4 is 4.90 Å². The third-order valence-electron chi connectivity index (χ3n) is 4.91. The van der Waals surface area contributed by atoms with E-state index in [1.807, 2.05) is 61.5 Å². The average Bonchev–Trinajstić information content (AvgIpc) is 3.35. The van der Waals surface area contributed by atoms with Gasteiger partial charge in [0, 0.05) is 13.1 Å². The molecule has 3 heterocycles. The zero-order valence-electron chi connectivity index (χ0n) is 14.3. The number of aromatic nitrogens is 4. The Hall–Kier alpha value is -3.41. The van der Waals surface area contributed by atoms with E-state index in [4.69, 9.17) is 0 Å². The summed E-state index contributed by atoms with van der Waals surface area (Å²) in [7, 11) is 0. The molecule has 0 bridgehead atoms. The highest BCUT2D eigenvalue weighted by Gasteiger charge is 2.30. The van der Waals surface area contributed by atoms with Gasteiger partial charge in [0.1, 0.15) is 0 Å². The average molecular weight is 343 g/mol. The number of fused-ring (bicyclic) bond motifs is 3. The molecular weight excluding hydrogens is 326 g/mol. The van der Waals surface area contributed by atoms with E-state index in [1.165, 1.54) is 0 Å². The summed E-state index contributed by atoms with van der Waals surface area (Å²) < 4.78 is 3.90. The maximum Gasteiger partial charge on any atom is 0.264 e. The third-order valence-corrected chi connectivity index (χ3v) is 4.91. The van der Waals surface area contributed by atoms with Gasteiger partial charge >= 0.3 is 0 Å². The monoisotopic (exact) mass is 343 g/mol. The molecule has 0 N–H and O–H groups in total. The molecule has 6 nitrogen and oxygen atoms in total. The largest absolute Gasteiger partial charge is 0.308 e. The number of amides is 1. The van der Waals surface area contributed by atoms with Crippen molar-refractivity contribution >= 4 is 22.9 Å². The van der Waals surface area contributed by atoms with Gasteiger partial charge in [-0.3, -0.25) is 9.69 Å². The highest BCUT2D eigenvalue weighted by molar-refractivity contribution is 6.07. The molecule has 0 spiro atoms. The number of rotatable bonds is 2. The van der Waals surface area contributed by atoms with Crippen molar-refractivity contribution in [3.63, 3.8) is 0 Å². The highest BCUT2D eigenvalue weighted by Crippen LogP contribution is 2.29. The van der Waals surface area contributed by atoms with Gasteiger partial charge in [-0.2, -0.15) is 5.10 Å². The van der Waals surface area contributed by atoms with Crippen LogP contribution in [0.1, 0.15) is 16.1 Å². The Morgan fingerprint density at radius 2 is 1.77 bits per heavy atom. The molecule has 4 aromatic rings. The lowest BCUT2D eigenvalue weighted by Crippen LogP contribution is -2.29. The van der Waals surface area contributed by atoms with Crippen molar-refractivity contribution in [1.29, 1.82) is 0 Å². The smallest absolute Gasteiger partial charge is 0.264 e. The molecule has 26 heavy (non-hydrogen) atoms. The molecule has 0 saturated heterocycles. The molecular formula is C20H17N5O. The second-order valence-electron chi connectivity index (χ2n) is 6.40. The minimum Gasteiger partial charge on any atom is -0.308 e. The number of hydrogen-bond donors (Lipinski definition) is 0. The zero-order chi connectivity index (χ0) is 17.7. The number of carbonyl (C=O) groups excluding carboxylic acids is 1. The number of carbonyl (C=O) groups is 1. The number of para-hydroxylation sites is 3. The molecule has 0 aliphatic carbocycles. The van der Waals surface area contributed by atoms with E-state index in [-0.39, 0.29) is 5.91 Å². The van der Waals surface area contributed by atoms with Crippen LogP contribution in [-0.4, -0.2) is 31.8 Å². The number of anilines is 1. The van der Waals surface area contributed by atoms with Crippen LogP contribution >= 0.6 is 0 Å². The Morgan fingerprint density at radius 3 is 2.62 bits per heavy atom. The predicted octanol–water partition coefficient (Wildman–Crippen LogP) is 3.19. The summed E-state index contributed by atoms with van der Waals surface area (Å²) in [6.45, 7) is 3.31. The summed E-state index contributed by atoms with van der Waals surface area (Å²) in [4.78, 5) is 19.6. The van der Waals surface area contributed by atoms with Gasteiger partial charge in [-0.05, 0) is 31.2 Å². The highest BCUT2D eigenvalue weighted by atomic mass is 16.2. The van der Waals surface area contributed by atoms with Gasteiger partial charge in [-0.25, -0.2) is 9.67 Å². The molecule has 1 aliphatic heterocycles. The summed E-state index contributed by atoms with van der Waals surface area (Å²) in [5, 5.41) is 4.42. The van der Waals surface area contributed by atoms with Crippen molar-refractivity contribution in [2.24, 2.45) is 0 Å². The van der Waals surface area contributed by atoms with Crippen LogP contribution in [0, 0.1) is 6.92 Å². The second kappa shape index (κ2) is 5.56. The fourth-order valence-electron chi connectivity index (χ4n) is 3.58. The van der Waals surface area contributed by atoms with E-state index in [1.54, 1.807) is 15.8 Å². The Kier molecular flexibility index (Phi) is 3.18. The van der Waals surface area contributed by atoms with E-state index in [2.05, 4.69) is 14.6 Å². The lowest BCUT2D eigenvalue weighted by Gasteiger charge is -2.13. The summed E-state index contributed by atoms with van der Waals surface area (Å²) in [6, 6.07) is 17.8. The fourth-order valence-corrected chi connectivity index (χ4v) is 3.58. The third kappa shape index (κ3) is 2.08. The van der Waals surface area contributed by atoms with Crippen LogP contribution in [-0.2, 0) is 6.54 Å². The van der Waals surface area contributed by atoms with E-state index in [9.17, 15) is 4.79 Å². The van der Waals surface area contributed by atoms with Crippen molar-refractivity contribution in [3.8, 4) is 5.69 Å². The van der Waals surface area contributed by atoms with Crippen LogP contribution in [0.25, 0.3) is 16.7 Å². The van der Waals surface area contributed by atoms with E-state index < -0.39 is 0 Å². The first-order valence-corrected chi connectivity index (χ1v) is 8.61. The van der Waals surface area contributed by atoms with Crippen LogP contribution in [0.3, 0.4) is 0 Å². The molecule has 6 heteroatoms. The van der Waals surface area contributed by atoms with Crippen LogP contribution in [0.15, 0.2) is 60.8 Å². The number of nitrogens with zero attached hydrogens (tertiary/aromatic N) is 5. The summed E-state index contributed by atoms with van der Waals surface area (Å²) in [5.41, 5.74) is 4.36. The zero-order valence-corrected chi connectivity index (χ0v) is 14.3. The minimum atomic E-state index is -0.0567. The quantitative estimate of drug-likeness (QED) is 0.562. The molecule has 2 aromatic carbocycles. The van der Waals surface area contributed by atoms with E-state index in [0.29, 0.717) is 18.1 Å². The SMILES string of the molecule is Cc1c(C(=O)N2CCn3c2nc2ccccc23)cnn1-c1ccccc1. The number of benzene rings is 2. The van der Waals surface area contributed by atoms with Gasteiger partial charge in [-0.1, -0.05) is 30.3 Å². The number of imidazole rings is 1. The molecule has 1 aliphatic rings. The van der Waals surface area contributed by atoms with Gasteiger partial charge in [0.15, 0.2) is 0 Å². The van der Waals surface area contributed by atoms with Crippen molar-refractivity contribution in [2.75, 3.05) is 11.4 Å². The number of hydrogen-bond acceptors (Lipinski definition) is 3. The second-order valence-corrected chi connectivity index (χ2v) is 6.40. The van der Waals surface area contributed by atoms with Gasteiger partial charge < -0.3 is 4.57 Å². The normalized spacial score (nSPS) is 13.3. The maximum absolute atomic E-state index is 13.2. The van der Waals surface area contributed by atoms with Crippen molar-refractivity contribution in [1.82, 2.24) is 19.3 Å². The topological polar surface area (TPSA) is 56.0 Å². The van der Waals surface area contributed by atoms with Gasteiger partial charge in [-0.15, -0.1) is 0 Å². The standard InChI is InChI=1S/C20H17N5O/c1-14-16(13-21-25(14)15-7-3-2-4-8-15)19(26)24-12-11-23-18-10-6-5-9-17(18)22-20(23)24/h2-10,13H,11-12H2,1H3. The Bertz CT molecular complexity index is 1130. The van der Waals surface area contributed by atoms with Gasteiger partial charge in [0.2, 0.25) is 5.95 Å². The maximum atomic E-state index is 13.2. The minimum absolute atomic E-state index is 0.0567. The fraction of sp³-hybridized carbons (Fsp3) is 0.150. The van der Waals surface area contributed by atoms with Crippen molar-refractivity contribution < 1.29 is 4.79 Å². The van der Waals surface area contributed by atoms with Gasteiger partial charge in [0.05, 0.1) is 34.2 Å². The first-order valence-electron chi connectivity index (χ1n) is 8.61. The summed E-state index contributed by atoms with van der Waals surface area (Å²) in [5.74, 6) is 0.654. The molecule has 1 amide bonds. The Labute approximate surface area is 150 Å². The lowest BCUT2D eigenvalue weighted by molar-refractivity contribution is 0.0988. The lowest BCUT2D eigenvalue weighted by atomic mass is 10.2. The molecule has 128 valence electrons. The Balaban J connectivity index is 1.54. The predicted molar refractivity (Wildman–Crippen MR) is 99.7 cm³/mol. The van der Waals surface area contributed by atoms with E-state index in [0.717, 1.165) is 29.0 Å². The van der Waals surface area contributed by atoms with Crippen LogP contribution in [0.2, 0.25) is 0 Å². The van der Waals surface area contributed by atoms with Crippen molar-refractivity contribution in [3.05, 3.63) is 72.1 Å². The molecule has 0 radical (unpaired) electrons. The molecule has 0 atom stereocenters. The first-order chi connectivity index (χ1) is 12.7. The first kappa shape index (κ1) is 14.9. The summed E-state index contributed by atoms with van der Waals surface area (Å²) >= 11 is 0. The molecule has 2 aromatic heterocycles. The van der Waals surface area contributed by atoms with Crippen LogP contribution in [0.5, 0.6) is 0 Å². The Morgan fingerprint density at radius 1 is 1.00 bits per heavy atom. The molecule has 5 rings (SSSR count). The van der Waals surface area contributed by atoms with Crippen molar-refractivity contribution in [2.45, 2.75) is 13.5 Å². The van der Waals surface area contributed by atoms with Crippen LogP contribution in [0.4, 0.5) is 5.95 Å². The molecule has 0 unspecified atom stereocenters. The molecule has 0 fully saturated rings. The summed E-state index contributed by atoms with van der Waals surface area (Å²) in [6.07, 6.45) is 1.65. The van der Waals surface area contributed by atoms with E-state index >= 15 is 0 Å². The van der Waals surface area contributed by atoms with Gasteiger partial charge in [0.25, 0.3) is 5.91 Å².